The topological polar surface area (TPSA) is 63.2 Å². The maximum Gasteiger partial charge on any atom is 0.416 e. The molecule has 3 aromatic rings. The van der Waals surface area contributed by atoms with Gasteiger partial charge in [0.25, 0.3) is 5.91 Å². The van der Waals surface area contributed by atoms with Crippen molar-refractivity contribution < 1.29 is 22.7 Å². The van der Waals surface area contributed by atoms with E-state index >= 15 is 0 Å². The standard InChI is InChI=1S/C20H16F3N3O2/c1-28-18-5-3-2-4-17(18)26-19(27)13-10-16(12-24-11-13)25-15-8-6-14(7-9-15)20(21,22)23/h2-12,25H,1H3,(H,26,27). The van der Waals surface area contributed by atoms with Gasteiger partial charge in [-0.05, 0) is 42.5 Å². The third-order valence-electron chi connectivity index (χ3n) is 3.86. The highest BCUT2D eigenvalue weighted by Crippen LogP contribution is 2.30. The van der Waals surface area contributed by atoms with Crippen LogP contribution in [0.4, 0.5) is 30.2 Å². The largest absolute Gasteiger partial charge is 0.495 e. The van der Waals surface area contributed by atoms with E-state index in [0.29, 0.717) is 22.8 Å². The van der Waals surface area contributed by atoms with Crippen LogP contribution in [0, 0.1) is 0 Å². The molecule has 3 rings (SSSR count). The average Bonchev–Trinajstić information content (AvgIpc) is 2.68. The van der Waals surface area contributed by atoms with Gasteiger partial charge in [0.2, 0.25) is 0 Å². The van der Waals surface area contributed by atoms with Crippen LogP contribution in [0.2, 0.25) is 0 Å². The van der Waals surface area contributed by atoms with Crippen molar-refractivity contribution in [3.05, 3.63) is 78.1 Å². The molecule has 0 saturated carbocycles. The number of benzene rings is 2. The van der Waals surface area contributed by atoms with E-state index in [0.717, 1.165) is 12.1 Å². The molecule has 28 heavy (non-hydrogen) atoms. The number of nitrogens with zero attached hydrogens (tertiary/aromatic N) is 1. The van der Waals surface area contributed by atoms with E-state index in [4.69, 9.17) is 4.74 Å². The Labute approximate surface area is 159 Å². The van der Waals surface area contributed by atoms with Gasteiger partial charge < -0.3 is 15.4 Å². The van der Waals surface area contributed by atoms with Crippen molar-refractivity contribution in [2.24, 2.45) is 0 Å². The molecule has 0 saturated heterocycles. The van der Waals surface area contributed by atoms with E-state index in [-0.39, 0.29) is 5.56 Å². The second-order valence-electron chi connectivity index (χ2n) is 5.82. The molecule has 0 atom stereocenters. The van der Waals surface area contributed by atoms with Crippen molar-refractivity contribution in [2.45, 2.75) is 6.18 Å². The Bertz CT molecular complexity index is 973. The van der Waals surface area contributed by atoms with E-state index < -0.39 is 17.6 Å². The summed E-state index contributed by atoms with van der Waals surface area (Å²) in [5.41, 5.74) is 0.963. The highest BCUT2D eigenvalue weighted by atomic mass is 19.4. The Balaban J connectivity index is 1.74. The van der Waals surface area contributed by atoms with Crippen LogP contribution < -0.4 is 15.4 Å². The number of anilines is 3. The monoisotopic (exact) mass is 387 g/mol. The first-order valence-corrected chi connectivity index (χ1v) is 8.20. The zero-order chi connectivity index (χ0) is 20.1. The number of carbonyl (C=O) groups excluding carboxylic acids is 1. The summed E-state index contributed by atoms with van der Waals surface area (Å²) in [6.07, 6.45) is -1.53. The van der Waals surface area contributed by atoms with E-state index in [1.165, 1.54) is 31.6 Å². The summed E-state index contributed by atoms with van der Waals surface area (Å²) in [5.74, 6) is 0.121. The van der Waals surface area contributed by atoms with E-state index in [1.54, 1.807) is 30.3 Å². The summed E-state index contributed by atoms with van der Waals surface area (Å²) in [5, 5.41) is 5.67. The summed E-state index contributed by atoms with van der Waals surface area (Å²) in [6, 6.07) is 13.1. The van der Waals surface area contributed by atoms with Crippen molar-refractivity contribution in [3.63, 3.8) is 0 Å². The lowest BCUT2D eigenvalue weighted by atomic mass is 10.2. The Morgan fingerprint density at radius 2 is 1.71 bits per heavy atom. The number of halogens is 3. The minimum absolute atomic E-state index is 0.280. The molecule has 0 spiro atoms. The van der Waals surface area contributed by atoms with Crippen molar-refractivity contribution in [2.75, 3.05) is 17.7 Å². The lowest BCUT2D eigenvalue weighted by molar-refractivity contribution is -0.137. The number of rotatable bonds is 5. The maximum atomic E-state index is 12.6. The Morgan fingerprint density at radius 3 is 2.39 bits per heavy atom. The molecule has 0 aliphatic heterocycles. The molecule has 2 aromatic carbocycles. The van der Waals surface area contributed by atoms with E-state index in [1.807, 2.05) is 0 Å². The van der Waals surface area contributed by atoms with Crippen LogP contribution in [0.25, 0.3) is 0 Å². The molecule has 1 amide bonds. The lowest BCUT2D eigenvalue weighted by Crippen LogP contribution is -2.13. The molecule has 0 bridgehead atoms. The predicted molar refractivity (Wildman–Crippen MR) is 99.9 cm³/mol. The summed E-state index contributed by atoms with van der Waals surface area (Å²) in [4.78, 5) is 16.5. The smallest absolute Gasteiger partial charge is 0.416 e. The third-order valence-corrected chi connectivity index (χ3v) is 3.86. The fourth-order valence-corrected chi connectivity index (χ4v) is 2.48. The summed E-state index contributed by atoms with van der Waals surface area (Å²) in [7, 11) is 1.50. The molecule has 0 radical (unpaired) electrons. The number of ether oxygens (including phenoxy) is 1. The van der Waals surface area contributed by atoms with Gasteiger partial charge in [-0.1, -0.05) is 12.1 Å². The zero-order valence-electron chi connectivity index (χ0n) is 14.7. The molecule has 1 aromatic heterocycles. The number of hydrogen-bond donors (Lipinski definition) is 2. The number of para-hydroxylation sites is 2. The highest BCUT2D eigenvalue weighted by Gasteiger charge is 2.29. The quantitative estimate of drug-likeness (QED) is 0.639. The first kappa shape index (κ1) is 19.2. The van der Waals surface area contributed by atoms with Crippen LogP contribution in [0.3, 0.4) is 0 Å². The van der Waals surface area contributed by atoms with Gasteiger partial charge in [-0.15, -0.1) is 0 Å². The number of hydrogen-bond acceptors (Lipinski definition) is 4. The molecule has 0 unspecified atom stereocenters. The second kappa shape index (κ2) is 7.99. The summed E-state index contributed by atoms with van der Waals surface area (Å²) in [6.45, 7) is 0. The number of aromatic nitrogens is 1. The molecule has 2 N–H and O–H groups in total. The maximum absolute atomic E-state index is 12.6. The van der Waals surface area contributed by atoms with E-state index in [9.17, 15) is 18.0 Å². The third kappa shape index (κ3) is 4.59. The van der Waals surface area contributed by atoms with Crippen LogP contribution in [0.1, 0.15) is 15.9 Å². The van der Waals surface area contributed by atoms with Gasteiger partial charge in [-0.3, -0.25) is 9.78 Å². The number of nitrogens with one attached hydrogen (secondary N) is 2. The molecule has 8 heteroatoms. The number of carbonyl (C=O) groups is 1. The second-order valence-corrected chi connectivity index (χ2v) is 5.82. The van der Waals surface area contributed by atoms with Gasteiger partial charge in [-0.2, -0.15) is 13.2 Å². The number of amides is 1. The van der Waals surface area contributed by atoms with Crippen LogP contribution in [-0.4, -0.2) is 18.0 Å². The van der Waals surface area contributed by atoms with Crippen LogP contribution in [-0.2, 0) is 6.18 Å². The SMILES string of the molecule is COc1ccccc1NC(=O)c1cncc(Nc2ccc(C(F)(F)F)cc2)c1. The molecule has 144 valence electrons. The fraction of sp³-hybridized carbons (Fsp3) is 0.100. The predicted octanol–water partition coefficient (Wildman–Crippen LogP) is 5.10. The minimum Gasteiger partial charge on any atom is -0.495 e. The first-order valence-electron chi connectivity index (χ1n) is 8.20. The van der Waals surface area contributed by atoms with Crippen LogP contribution >= 0.6 is 0 Å². The van der Waals surface area contributed by atoms with Gasteiger partial charge in [0.1, 0.15) is 5.75 Å². The Kier molecular flexibility index (Phi) is 5.49. The first-order chi connectivity index (χ1) is 13.4. The van der Waals surface area contributed by atoms with Gasteiger partial charge in [0.05, 0.1) is 35.8 Å². The van der Waals surface area contributed by atoms with Gasteiger partial charge in [0, 0.05) is 11.9 Å². The van der Waals surface area contributed by atoms with Gasteiger partial charge >= 0.3 is 6.18 Å². The summed E-state index contributed by atoms with van der Waals surface area (Å²) < 4.78 is 43.1. The number of alkyl halides is 3. The highest BCUT2D eigenvalue weighted by molar-refractivity contribution is 6.05. The van der Waals surface area contributed by atoms with Crippen molar-refractivity contribution >= 4 is 23.0 Å². The molecule has 0 aliphatic rings. The molecule has 5 nitrogen and oxygen atoms in total. The van der Waals surface area contributed by atoms with E-state index in [2.05, 4.69) is 15.6 Å². The van der Waals surface area contributed by atoms with Crippen LogP contribution in [0.5, 0.6) is 5.75 Å². The van der Waals surface area contributed by atoms with Gasteiger partial charge in [0.15, 0.2) is 0 Å². The Hall–Kier alpha value is -3.55. The normalized spacial score (nSPS) is 11.0. The molecule has 0 fully saturated rings. The molecule has 0 aliphatic carbocycles. The van der Waals surface area contributed by atoms with Gasteiger partial charge in [-0.25, -0.2) is 0 Å². The fourth-order valence-electron chi connectivity index (χ4n) is 2.48. The average molecular weight is 387 g/mol. The van der Waals surface area contributed by atoms with Crippen molar-refractivity contribution in [3.8, 4) is 5.75 Å². The molecule has 1 heterocycles. The zero-order valence-corrected chi connectivity index (χ0v) is 14.7. The lowest BCUT2D eigenvalue weighted by Gasteiger charge is -2.11. The minimum atomic E-state index is -4.39. The van der Waals surface area contributed by atoms with Crippen molar-refractivity contribution in [1.82, 2.24) is 4.98 Å². The number of pyridine rings is 1. The Morgan fingerprint density at radius 1 is 1.00 bits per heavy atom. The number of methoxy groups -OCH3 is 1. The van der Waals surface area contributed by atoms with Crippen molar-refractivity contribution in [1.29, 1.82) is 0 Å². The molecular formula is C20H16F3N3O2. The summed E-state index contributed by atoms with van der Waals surface area (Å²) >= 11 is 0. The van der Waals surface area contributed by atoms with Crippen LogP contribution in [0.15, 0.2) is 67.0 Å². The molecular weight excluding hydrogens is 371 g/mol.